The van der Waals surface area contributed by atoms with Gasteiger partial charge in [0.15, 0.2) is 0 Å². The van der Waals surface area contributed by atoms with Gasteiger partial charge >= 0.3 is 5.69 Å². The van der Waals surface area contributed by atoms with Crippen molar-refractivity contribution in [3.05, 3.63) is 50.5 Å². The van der Waals surface area contributed by atoms with Crippen LogP contribution in [0.1, 0.15) is 6.92 Å². The molecule has 0 radical (unpaired) electrons. The second-order valence-corrected chi connectivity index (χ2v) is 4.45. The third kappa shape index (κ3) is 2.48. The Kier molecular flexibility index (Phi) is 3.45. The van der Waals surface area contributed by atoms with Crippen LogP contribution in [0.2, 0.25) is 5.02 Å². The predicted molar refractivity (Wildman–Crippen MR) is 72.0 cm³/mol. The van der Waals surface area contributed by atoms with Crippen LogP contribution < -0.4 is 5.69 Å². The van der Waals surface area contributed by atoms with Crippen LogP contribution in [0.15, 0.2) is 35.1 Å². The Morgan fingerprint density at radius 2 is 2.00 bits per heavy atom. The summed E-state index contributed by atoms with van der Waals surface area (Å²) < 4.78 is 2.07. The lowest BCUT2D eigenvalue weighted by Crippen LogP contribution is -2.23. The largest absolute Gasteiger partial charge is 0.326 e. The van der Waals surface area contributed by atoms with E-state index >= 15 is 0 Å². The molecule has 1 heterocycles. The molecule has 0 aliphatic rings. The maximum absolute atomic E-state index is 11.7. The van der Waals surface area contributed by atoms with Gasteiger partial charge in [0, 0.05) is 11.6 Å². The number of hydrogen-bond acceptors (Lipinski definition) is 2. The average molecular weight is 267 g/mol. The van der Waals surface area contributed by atoms with Gasteiger partial charge in [0.05, 0.1) is 5.69 Å². The number of aromatic amines is 1. The van der Waals surface area contributed by atoms with Crippen molar-refractivity contribution < 1.29 is 0 Å². The van der Waals surface area contributed by atoms with Gasteiger partial charge in [-0.15, -0.1) is 0 Å². The third-order valence-electron chi connectivity index (χ3n) is 2.49. The molecule has 0 saturated carbocycles. The van der Waals surface area contributed by atoms with Crippen molar-refractivity contribution in [2.24, 2.45) is 0 Å². The van der Waals surface area contributed by atoms with Crippen molar-refractivity contribution in [1.29, 1.82) is 0 Å². The molecule has 0 amide bonds. The van der Waals surface area contributed by atoms with Crippen molar-refractivity contribution in [3.8, 4) is 11.3 Å². The minimum absolute atomic E-state index is 0.190. The first-order valence-corrected chi connectivity index (χ1v) is 6.00. The lowest BCUT2D eigenvalue weighted by Gasteiger charge is -2.10. The number of benzene rings is 1. The molecule has 0 bridgehead atoms. The molecule has 88 valence electrons. The Hall–Kier alpha value is -1.39. The highest BCUT2D eigenvalue weighted by Gasteiger charge is 2.05. The zero-order valence-corrected chi connectivity index (χ0v) is 10.8. The van der Waals surface area contributed by atoms with Gasteiger partial charge in [-0.2, -0.15) is 0 Å². The van der Waals surface area contributed by atoms with E-state index in [9.17, 15) is 4.79 Å². The highest BCUT2D eigenvalue weighted by atomic mass is 35.5. The number of halogens is 1. The van der Waals surface area contributed by atoms with Crippen LogP contribution in [0.4, 0.5) is 0 Å². The topological polar surface area (TPSA) is 37.8 Å². The molecule has 1 aromatic heterocycles. The van der Waals surface area contributed by atoms with Crippen LogP contribution in [-0.4, -0.2) is 9.55 Å². The van der Waals surface area contributed by atoms with Gasteiger partial charge in [0.1, 0.15) is 4.64 Å². The van der Waals surface area contributed by atoms with Crippen LogP contribution in [-0.2, 0) is 6.54 Å². The molecular weight excluding hydrogens is 256 g/mol. The molecule has 1 N–H and O–H groups in total. The molecule has 2 aromatic rings. The maximum atomic E-state index is 11.7. The number of rotatable bonds is 2. The number of nitrogens with zero attached hydrogens (tertiary/aromatic N) is 1. The molecule has 0 aliphatic carbocycles. The summed E-state index contributed by atoms with van der Waals surface area (Å²) >= 11 is 10.9. The Balaban J connectivity index is 2.70. The van der Waals surface area contributed by atoms with Crippen molar-refractivity contribution in [2.45, 2.75) is 13.5 Å². The molecule has 0 spiro atoms. The van der Waals surface area contributed by atoms with Crippen LogP contribution in [0, 0.1) is 4.64 Å². The fourth-order valence-corrected chi connectivity index (χ4v) is 2.02. The molecule has 1 aromatic carbocycles. The van der Waals surface area contributed by atoms with Gasteiger partial charge < -0.3 is 0 Å². The zero-order chi connectivity index (χ0) is 12.4. The smallest absolute Gasteiger partial charge is 0.298 e. The lowest BCUT2D eigenvalue weighted by molar-refractivity contribution is 0.705. The van der Waals surface area contributed by atoms with E-state index in [1.807, 2.05) is 19.1 Å². The molecule has 0 unspecified atom stereocenters. The maximum Gasteiger partial charge on any atom is 0.326 e. The lowest BCUT2D eigenvalue weighted by atomic mass is 10.1. The van der Waals surface area contributed by atoms with Gasteiger partial charge in [-0.05, 0) is 30.7 Å². The number of hydrogen-bond donors (Lipinski definition) is 1. The molecule has 17 heavy (non-hydrogen) atoms. The fraction of sp³-hybridized carbons (Fsp3) is 0.167. The first-order chi connectivity index (χ1) is 8.11. The SMILES string of the molecule is CCn1c(-c2ccc(Cl)cc2)cc(=S)[nH]c1=O. The minimum Gasteiger partial charge on any atom is -0.298 e. The van der Waals surface area contributed by atoms with Gasteiger partial charge in [-0.3, -0.25) is 9.55 Å². The summed E-state index contributed by atoms with van der Waals surface area (Å²) in [5.74, 6) is 0. The van der Waals surface area contributed by atoms with Crippen LogP contribution >= 0.6 is 23.8 Å². The summed E-state index contributed by atoms with van der Waals surface area (Å²) in [6, 6.07) is 9.11. The average Bonchev–Trinajstić information content (AvgIpc) is 2.29. The molecule has 0 saturated heterocycles. The molecule has 2 rings (SSSR count). The van der Waals surface area contributed by atoms with Crippen LogP contribution in [0.5, 0.6) is 0 Å². The Morgan fingerprint density at radius 1 is 1.35 bits per heavy atom. The van der Waals surface area contributed by atoms with E-state index < -0.39 is 0 Å². The van der Waals surface area contributed by atoms with Gasteiger partial charge in [0.2, 0.25) is 0 Å². The molecule has 0 fully saturated rings. The number of aromatic nitrogens is 2. The van der Waals surface area contributed by atoms with E-state index in [4.69, 9.17) is 23.8 Å². The molecule has 5 heteroatoms. The highest BCUT2D eigenvalue weighted by Crippen LogP contribution is 2.20. The molecule has 0 atom stereocenters. The second kappa shape index (κ2) is 4.85. The minimum atomic E-state index is -0.190. The van der Waals surface area contributed by atoms with E-state index in [2.05, 4.69) is 4.98 Å². The van der Waals surface area contributed by atoms with Crippen molar-refractivity contribution in [2.75, 3.05) is 0 Å². The van der Waals surface area contributed by atoms with E-state index in [1.165, 1.54) is 0 Å². The van der Waals surface area contributed by atoms with E-state index in [1.54, 1.807) is 22.8 Å². The summed E-state index contributed by atoms with van der Waals surface area (Å²) in [4.78, 5) is 14.4. The predicted octanol–water partition coefficient (Wildman–Crippen LogP) is 3.25. The van der Waals surface area contributed by atoms with Gasteiger partial charge in [0.25, 0.3) is 0 Å². The second-order valence-electron chi connectivity index (χ2n) is 3.58. The Bertz CT molecular complexity index is 643. The summed E-state index contributed by atoms with van der Waals surface area (Å²) in [5.41, 5.74) is 1.54. The Morgan fingerprint density at radius 3 is 2.59 bits per heavy atom. The number of H-pyrrole nitrogens is 1. The standard InChI is InChI=1S/C12H11ClN2OS/c1-2-15-10(7-11(17)14-12(15)16)8-3-5-9(13)6-4-8/h3-7H,2H2,1H3,(H,14,16,17). The van der Waals surface area contributed by atoms with Gasteiger partial charge in [-0.25, -0.2) is 4.79 Å². The first kappa shape index (κ1) is 12.1. The summed E-state index contributed by atoms with van der Waals surface area (Å²) in [7, 11) is 0. The van der Waals surface area contributed by atoms with E-state index in [-0.39, 0.29) is 5.69 Å². The van der Waals surface area contributed by atoms with E-state index in [0.717, 1.165) is 11.3 Å². The number of nitrogens with one attached hydrogen (secondary N) is 1. The first-order valence-electron chi connectivity index (χ1n) is 5.22. The van der Waals surface area contributed by atoms with E-state index in [0.29, 0.717) is 16.2 Å². The normalized spacial score (nSPS) is 10.5. The van der Waals surface area contributed by atoms with Crippen molar-refractivity contribution in [3.63, 3.8) is 0 Å². The molecular formula is C12H11ClN2OS. The summed E-state index contributed by atoms with van der Waals surface area (Å²) in [5, 5.41) is 0.667. The van der Waals surface area contributed by atoms with Crippen molar-refractivity contribution >= 4 is 23.8 Å². The molecule has 0 aliphatic heterocycles. The van der Waals surface area contributed by atoms with Crippen LogP contribution in [0.25, 0.3) is 11.3 Å². The summed E-state index contributed by atoms with van der Waals surface area (Å²) in [6.07, 6.45) is 0. The van der Waals surface area contributed by atoms with Crippen molar-refractivity contribution in [1.82, 2.24) is 9.55 Å². The monoisotopic (exact) mass is 266 g/mol. The van der Waals surface area contributed by atoms with Crippen LogP contribution in [0.3, 0.4) is 0 Å². The summed E-state index contributed by atoms with van der Waals surface area (Å²) in [6.45, 7) is 2.50. The van der Waals surface area contributed by atoms with Gasteiger partial charge in [-0.1, -0.05) is 36.0 Å². The zero-order valence-electron chi connectivity index (χ0n) is 9.24. The third-order valence-corrected chi connectivity index (χ3v) is 2.96. The fourth-order valence-electron chi connectivity index (χ4n) is 1.69. The highest BCUT2D eigenvalue weighted by molar-refractivity contribution is 7.71. The Labute approximate surface area is 109 Å². The molecule has 3 nitrogen and oxygen atoms in total. The quantitative estimate of drug-likeness (QED) is 0.848.